The average molecular weight is 444 g/mol. The van der Waals surface area contributed by atoms with Crippen LogP contribution in [-0.2, 0) is 6.54 Å². The third-order valence-electron chi connectivity index (χ3n) is 5.62. The van der Waals surface area contributed by atoms with Gasteiger partial charge >= 0.3 is 12.1 Å². The molecule has 3 aromatic heterocycles. The molecule has 0 radical (unpaired) electrons. The van der Waals surface area contributed by atoms with Crippen molar-refractivity contribution in [3.05, 3.63) is 64.4 Å². The zero-order valence-corrected chi connectivity index (χ0v) is 16.8. The van der Waals surface area contributed by atoms with Crippen molar-refractivity contribution < 1.29 is 17.6 Å². The molecule has 8 nitrogen and oxygen atoms in total. The maximum atomic E-state index is 14.0. The lowest BCUT2D eigenvalue weighted by Gasteiger charge is -2.23. The summed E-state index contributed by atoms with van der Waals surface area (Å²) in [6, 6.07) is 7.58. The third-order valence-corrected chi connectivity index (χ3v) is 5.62. The van der Waals surface area contributed by atoms with E-state index in [0.29, 0.717) is 22.3 Å². The van der Waals surface area contributed by atoms with Crippen molar-refractivity contribution in [1.29, 1.82) is 0 Å². The third kappa shape index (κ3) is 3.68. The van der Waals surface area contributed by atoms with Gasteiger partial charge in [-0.15, -0.1) is 10.2 Å². The topological polar surface area (TPSA) is 90.8 Å². The lowest BCUT2D eigenvalue weighted by molar-refractivity contribution is 0.116. The largest absolute Gasteiger partial charge is 0.415 e. The summed E-state index contributed by atoms with van der Waals surface area (Å²) in [5.41, 5.74) is 1.92. The summed E-state index contributed by atoms with van der Waals surface area (Å²) in [6.07, 6.45) is 0.146. The van der Waals surface area contributed by atoms with Crippen LogP contribution in [0.2, 0.25) is 0 Å². The summed E-state index contributed by atoms with van der Waals surface area (Å²) in [5.74, 6) is -1.22. The maximum Gasteiger partial charge on any atom is 0.329 e. The zero-order chi connectivity index (χ0) is 22.2. The van der Waals surface area contributed by atoms with Crippen molar-refractivity contribution >= 4 is 11.0 Å². The maximum absolute atomic E-state index is 14.0. The number of piperidine rings is 1. The molecule has 0 saturated carbocycles. The van der Waals surface area contributed by atoms with Crippen LogP contribution in [0.4, 0.5) is 13.2 Å². The molecule has 1 fully saturated rings. The summed E-state index contributed by atoms with van der Waals surface area (Å²) in [7, 11) is 0. The Hall–Kier alpha value is -3.47. The lowest BCUT2D eigenvalue weighted by Crippen LogP contribution is -2.35. The predicted molar refractivity (Wildman–Crippen MR) is 109 cm³/mol. The molecule has 32 heavy (non-hydrogen) atoms. The normalized spacial score (nSPS) is 15.1. The van der Waals surface area contributed by atoms with Gasteiger partial charge in [0.2, 0.25) is 5.89 Å². The van der Waals surface area contributed by atoms with E-state index in [2.05, 4.69) is 20.5 Å². The summed E-state index contributed by atoms with van der Waals surface area (Å²) >= 11 is 0. The lowest BCUT2D eigenvalue weighted by atomic mass is 10.1. The number of imidazole rings is 1. The van der Waals surface area contributed by atoms with E-state index in [1.54, 1.807) is 27.3 Å². The molecule has 0 atom stereocenters. The van der Waals surface area contributed by atoms with Gasteiger partial charge < -0.3 is 9.73 Å². The van der Waals surface area contributed by atoms with E-state index in [1.807, 2.05) is 0 Å². The molecule has 1 saturated heterocycles. The van der Waals surface area contributed by atoms with Gasteiger partial charge in [-0.25, -0.2) is 9.18 Å². The van der Waals surface area contributed by atoms with Crippen LogP contribution in [0.25, 0.3) is 22.5 Å². The van der Waals surface area contributed by atoms with Gasteiger partial charge in [0, 0.05) is 12.2 Å². The number of benzene rings is 1. The molecule has 11 heteroatoms. The number of nitrogens with one attached hydrogen (secondary N) is 1. The minimum Gasteiger partial charge on any atom is -0.415 e. The molecule has 0 aliphatic carbocycles. The number of rotatable bonds is 5. The van der Waals surface area contributed by atoms with Crippen LogP contribution in [0.5, 0.6) is 0 Å². The molecule has 4 aromatic rings. The van der Waals surface area contributed by atoms with Crippen molar-refractivity contribution in [1.82, 2.24) is 29.6 Å². The Morgan fingerprint density at radius 3 is 2.62 bits per heavy atom. The molecule has 0 unspecified atom stereocenters. The first-order valence-corrected chi connectivity index (χ1v) is 10.2. The molecular weight excluding hydrogens is 425 g/mol. The summed E-state index contributed by atoms with van der Waals surface area (Å²) < 4.78 is 47.5. The molecule has 0 amide bonds. The molecule has 1 N–H and O–H groups in total. The SMILES string of the molecule is O=c1n(Cc2ccc(-c3nnc(C(F)F)o3)cn2)c2ccc(F)cc2n1C1CCNCC1. The Bertz CT molecular complexity index is 1310. The minimum absolute atomic E-state index is 0.00815. The molecular formula is C21H19F3N6O2. The van der Waals surface area contributed by atoms with E-state index in [0.717, 1.165) is 25.9 Å². The number of hydrogen-bond acceptors (Lipinski definition) is 6. The Balaban J connectivity index is 1.48. The van der Waals surface area contributed by atoms with Crippen LogP contribution < -0.4 is 11.0 Å². The van der Waals surface area contributed by atoms with Crippen molar-refractivity contribution in [2.75, 3.05) is 13.1 Å². The number of hydrogen-bond donors (Lipinski definition) is 1. The van der Waals surface area contributed by atoms with Crippen molar-refractivity contribution in [3.63, 3.8) is 0 Å². The van der Waals surface area contributed by atoms with Gasteiger partial charge in [-0.1, -0.05) is 0 Å². The Kier molecular flexibility index (Phi) is 5.25. The molecule has 0 spiro atoms. The highest BCUT2D eigenvalue weighted by Crippen LogP contribution is 2.25. The standard InChI is InChI=1S/C21H19F3N6O2/c22-13-2-4-16-17(9-13)30(15-5-7-25-8-6-15)21(31)29(16)11-14-3-1-12(10-26-14)19-27-28-20(32-19)18(23)24/h1-4,9-10,15,18,25H,5-8,11H2. The van der Waals surface area contributed by atoms with Crippen molar-refractivity contribution in [2.45, 2.75) is 31.9 Å². The van der Waals surface area contributed by atoms with Gasteiger partial charge in [0.05, 0.1) is 28.8 Å². The molecule has 0 bridgehead atoms. The first kappa shape index (κ1) is 20.4. The van der Waals surface area contributed by atoms with Crippen LogP contribution in [-0.4, -0.2) is 37.4 Å². The second-order valence-corrected chi connectivity index (χ2v) is 7.64. The molecule has 166 valence electrons. The fourth-order valence-electron chi connectivity index (χ4n) is 4.07. The molecule has 1 aliphatic heterocycles. The molecule has 4 heterocycles. The monoisotopic (exact) mass is 444 g/mol. The van der Waals surface area contributed by atoms with E-state index < -0.39 is 18.1 Å². The van der Waals surface area contributed by atoms with E-state index in [4.69, 9.17) is 4.42 Å². The highest BCUT2D eigenvalue weighted by atomic mass is 19.3. The number of nitrogens with zero attached hydrogens (tertiary/aromatic N) is 5. The second-order valence-electron chi connectivity index (χ2n) is 7.64. The van der Waals surface area contributed by atoms with Crippen molar-refractivity contribution in [2.24, 2.45) is 0 Å². The minimum atomic E-state index is -2.85. The molecule has 1 aromatic carbocycles. The van der Waals surface area contributed by atoms with Crippen LogP contribution in [0, 0.1) is 5.82 Å². The van der Waals surface area contributed by atoms with Gasteiger partial charge in [0.1, 0.15) is 5.82 Å². The highest BCUT2D eigenvalue weighted by Gasteiger charge is 2.23. The van der Waals surface area contributed by atoms with Gasteiger partial charge in [0.25, 0.3) is 5.89 Å². The fourth-order valence-corrected chi connectivity index (χ4v) is 4.07. The van der Waals surface area contributed by atoms with E-state index in [-0.39, 0.29) is 24.2 Å². The Morgan fingerprint density at radius 1 is 1.12 bits per heavy atom. The Labute approximate surface area is 179 Å². The van der Waals surface area contributed by atoms with Gasteiger partial charge in [-0.2, -0.15) is 8.78 Å². The summed E-state index contributed by atoms with van der Waals surface area (Å²) in [6.45, 7) is 1.77. The number of pyridine rings is 1. The summed E-state index contributed by atoms with van der Waals surface area (Å²) in [5, 5.41) is 10.2. The Morgan fingerprint density at radius 2 is 1.94 bits per heavy atom. The number of alkyl halides is 2. The highest BCUT2D eigenvalue weighted by molar-refractivity contribution is 5.76. The first-order valence-electron chi connectivity index (χ1n) is 10.2. The van der Waals surface area contributed by atoms with Crippen LogP contribution in [0.1, 0.15) is 36.9 Å². The van der Waals surface area contributed by atoms with Gasteiger partial charge in [-0.05, 0) is 56.3 Å². The predicted octanol–water partition coefficient (Wildman–Crippen LogP) is 3.30. The van der Waals surface area contributed by atoms with E-state index in [9.17, 15) is 18.0 Å². The van der Waals surface area contributed by atoms with Crippen LogP contribution in [0.15, 0.2) is 45.7 Å². The van der Waals surface area contributed by atoms with Gasteiger partial charge in [-0.3, -0.25) is 14.1 Å². The van der Waals surface area contributed by atoms with E-state index >= 15 is 0 Å². The number of fused-ring (bicyclic) bond motifs is 1. The first-order chi connectivity index (χ1) is 15.5. The second kappa shape index (κ2) is 8.23. The fraction of sp³-hybridized carbons (Fsp3) is 0.333. The smallest absolute Gasteiger partial charge is 0.329 e. The zero-order valence-electron chi connectivity index (χ0n) is 16.8. The number of halogens is 3. The quantitative estimate of drug-likeness (QED) is 0.508. The number of aromatic nitrogens is 5. The van der Waals surface area contributed by atoms with E-state index in [1.165, 1.54) is 18.3 Å². The van der Waals surface area contributed by atoms with Crippen molar-refractivity contribution in [3.8, 4) is 11.5 Å². The van der Waals surface area contributed by atoms with Gasteiger partial charge in [0.15, 0.2) is 0 Å². The van der Waals surface area contributed by atoms with Crippen LogP contribution >= 0.6 is 0 Å². The van der Waals surface area contributed by atoms with Crippen LogP contribution in [0.3, 0.4) is 0 Å². The summed E-state index contributed by atoms with van der Waals surface area (Å²) in [4.78, 5) is 17.6. The average Bonchev–Trinajstić information content (AvgIpc) is 3.39. The molecule has 1 aliphatic rings. The molecule has 5 rings (SSSR count).